The Morgan fingerprint density at radius 3 is 2.25 bits per heavy atom. The van der Waals surface area contributed by atoms with Crippen LogP contribution >= 0.6 is 9.24 Å². The third-order valence-electron chi connectivity index (χ3n) is 1.74. The number of halogens is 2. The molecule has 66 valence electrons. The highest BCUT2D eigenvalue weighted by atomic mass is 31.0. The number of alkyl halides is 2. The molecule has 1 unspecified atom stereocenters. The van der Waals surface area contributed by atoms with Gasteiger partial charge in [-0.05, 0) is 19.4 Å². The molecule has 0 bridgehead atoms. The zero-order valence-corrected chi connectivity index (χ0v) is 8.22. The summed E-state index contributed by atoms with van der Waals surface area (Å²) in [7, 11) is 1.55. The van der Waals surface area contributed by atoms with E-state index < -0.39 is 5.66 Å². The molecule has 0 N–H and O–H groups in total. The van der Waals surface area contributed by atoms with E-state index in [0.29, 0.717) is 5.56 Å². The Hall–Kier alpha value is -0.490. The highest BCUT2D eigenvalue weighted by Crippen LogP contribution is 2.36. The first-order valence-corrected chi connectivity index (χ1v) is 4.23. The van der Waals surface area contributed by atoms with Crippen LogP contribution in [0.15, 0.2) is 18.2 Å². The Morgan fingerprint density at radius 1 is 1.25 bits per heavy atom. The van der Waals surface area contributed by atoms with Crippen LogP contribution in [0.3, 0.4) is 0 Å². The first-order chi connectivity index (χ1) is 5.41. The third-order valence-corrected chi connectivity index (χ3v) is 2.05. The predicted molar refractivity (Wildman–Crippen MR) is 49.5 cm³/mol. The van der Waals surface area contributed by atoms with Crippen LogP contribution in [0.5, 0.6) is 0 Å². The lowest BCUT2D eigenvalue weighted by Crippen LogP contribution is -2.04. The monoisotopic (exact) mass is 188 g/mol. The second kappa shape index (κ2) is 3.10. The Bertz CT molecular complexity index is 289. The van der Waals surface area contributed by atoms with E-state index in [1.165, 1.54) is 6.07 Å². The van der Waals surface area contributed by atoms with Gasteiger partial charge in [-0.3, -0.25) is 0 Å². The van der Waals surface area contributed by atoms with Gasteiger partial charge in [-0.15, -0.1) is 0 Å². The molecule has 0 aliphatic heterocycles. The summed E-state index contributed by atoms with van der Waals surface area (Å²) in [6.07, 6.45) is 0. The van der Waals surface area contributed by atoms with E-state index in [0.717, 1.165) is 5.56 Å². The Labute approximate surface area is 73.2 Å². The number of aryl methyl sites for hydroxylation is 2. The lowest BCUT2D eigenvalue weighted by molar-refractivity contribution is 0.103. The van der Waals surface area contributed by atoms with E-state index in [2.05, 4.69) is 0 Å². The SMILES string of the molecule is Cc1ccc(C(F)(F)P)c(C)c1. The van der Waals surface area contributed by atoms with Gasteiger partial charge in [-0.1, -0.05) is 33.0 Å². The van der Waals surface area contributed by atoms with Crippen molar-refractivity contribution in [2.24, 2.45) is 0 Å². The van der Waals surface area contributed by atoms with E-state index in [1.54, 1.807) is 28.3 Å². The maximum absolute atomic E-state index is 12.8. The Kier molecular flexibility index (Phi) is 2.48. The molecule has 0 saturated carbocycles. The second-order valence-corrected chi connectivity index (χ2v) is 3.67. The summed E-state index contributed by atoms with van der Waals surface area (Å²) in [5.74, 6) is 0. The van der Waals surface area contributed by atoms with E-state index in [1.807, 2.05) is 6.92 Å². The summed E-state index contributed by atoms with van der Waals surface area (Å²) in [5, 5.41) is 0. The topological polar surface area (TPSA) is 0 Å². The van der Waals surface area contributed by atoms with Crippen molar-refractivity contribution in [2.45, 2.75) is 19.5 Å². The van der Waals surface area contributed by atoms with Crippen LogP contribution in [0, 0.1) is 13.8 Å². The van der Waals surface area contributed by atoms with Crippen LogP contribution in [0.4, 0.5) is 8.78 Å². The van der Waals surface area contributed by atoms with Crippen molar-refractivity contribution in [1.82, 2.24) is 0 Å². The van der Waals surface area contributed by atoms with Crippen molar-refractivity contribution in [3.05, 3.63) is 34.9 Å². The number of benzene rings is 1. The molecule has 0 spiro atoms. The average Bonchev–Trinajstić information content (AvgIpc) is 1.83. The molecule has 0 nitrogen and oxygen atoms in total. The van der Waals surface area contributed by atoms with Crippen LogP contribution in [0.25, 0.3) is 0 Å². The largest absolute Gasteiger partial charge is 0.284 e. The van der Waals surface area contributed by atoms with Crippen LogP contribution < -0.4 is 0 Å². The summed E-state index contributed by atoms with van der Waals surface area (Å²) >= 11 is 0. The van der Waals surface area contributed by atoms with Crippen molar-refractivity contribution >= 4 is 9.24 Å². The lowest BCUT2D eigenvalue weighted by Gasteiger charge is -2.13. The molecular weight excluding hydrogens is 177 g/mol. The van der Waals surface area contributed by atoms with Crippen molar-refractivity contribution in [3.8, 4) is 0 Å². The van der Waals surface area contributed by atoms with Gasteiger partial charge in [0.25, 0.3) is 5.66 Å². The fraction of sp³-hybridized carbons (Fsp3) is 0.333. The molecule has 12 heavy (non-hydrogen) atoms. The van der Waals surface area contributed by atoms with Gasteiger partial charge in [0.2, 0.25) is 0 Å². The normalized spacial score (nSPS) is 11.8. The van der Waals surface area contributed by atoms with Gasteiger partial charge in [-0.25, -0.2) is 0 Å². The van der Waals surface area contributed by atoms with Gasteiger partial charge < -0.3 is 0 Å². The zero-order valence-electron chi connectivity index (χ0n) is 7.07. The minimum atomic E-state index is -2.81. The first-order valence-electron chi connectivity index (χ1n) is 3.65. The fourth-order valence-corrected chi connectivity index (χ4v) is 1.51. The first kappa shape index (κ1) is 9.60. The molecule has 3 heteroatoms. The molecule has 0 aliphatic rings. The summed E-state index contributed by atoms with van der Waals surface area (Å²) in [6.45, 7) is 3.58. The number of hydrogen-bond donors (Lipinski definition) is 0. The molecule has 0 amide bonds. The number of rotatable bonds is 1. The third kappa shape index (κ3) is 2.01. The van der Waals surface area contributed by atoms with Crippen LogP contribution in [-0.2, 0) is 5.66 Å². The molecule has 0 saturated heterocycles. The summed E-state index contributed by atoms with van der Waals surface area (Å²) < 4.78 is 25.6. The molecular formula is C9H11F2P. The predicted octanol–water partition coefficient (Wildman–Crippen LogP) is 3.23. The van der Waals surface area contributed by atoms with Crippen molar-refractivity contribution in [1.29, 1.82) is 0 Å². The molecule has 0 radical (unpaired) electrons. The summed E-state index contributed by atoms with van der Waals surface area (Å²) in [6, 6.07) is 4.92. The van der Waals surface area contributed by atoms with Crippen LogP contribution in [0.1, 0.15) is 16.7 Å². The quantitative estimate of drug-likeness (QED) is 0.593. The molecule has 1 rings (SSSR count). The maximum atomic E-state index is 12.8. The molecule has 0 aromatic heterocycles. The van der Waals surface area contributed by atoms with Gasteiger partial charge in [-0.2, -0.15) is 8.78 Å². The Balaban J connectivity index is 3.19. The van der Waals surface area contributed by atoms with Gasteiger partial charge in [0.05, 0.1) is 0 Å². The molecule has 1 aromatic rings. The molecule has 0 heterocycles. The Morgan fingerprint density at radius 2 is 1.83 bits per heavy atom. The standard InChI is InChI=1S/C9H11F2P/c1-6-3-4-8(7(2)5-6)9(10,11)12/h3-5H,12H2,1-2H3. The highest BCUT2D eigenvalue weighted by Gasteiger charge is 2.25. The van der Waals surface area contributed by atoms with E-state index >= 15 is 0 Å². The molecule has 0 aliphatic carbocycles. The van der Waals surface area contributed by atoms with Gasteiger partial charge >= 0.3 is 0 Å². The van der Waals surface area contributed by atoms with Crippen LogP contribution in [0.2, 0.25) is 0 Å². The molecule has 1 aromatic carbocycles. The summed E-state index contributed by atoms with van der Waals surface area (Å²) in [5.41, 5.74) is -1.09. The minimum Gasteiger partial charge on any atom is -0.197 e. The average molecular weight is 188 g/mol. The van der Waals surface area contributed by atoms with E-state index in [4.69, 9.17) is 0 Å². The second-order valence-electron chi connectivity index (χ2n) is 2.94. The number of hydrogen-bond acceptors (Lipinski definition) is 0. The smallest absolute Gasteiger partial charge is 0.197 e. The van der Waals surface area contributed by atoms with E-state index in [9.17, 15) is 8.78 Å². The van der Waals surface area contributed by atoms with E-state index in [-0.39, 0.29) is 5.56 Å². The van der Waals surface area contributed by atoms with Gasteiger partial charge in [0.15, 0.2) is 0 Å². The molecule has 0 fully saturated rings. The van der Waals surface area contributed by atoms with Crippen LogP contribution in [-0.4, -0.2) is 0 Å². The molecule has 1 atom stereocenters. The summed E-state index contributed by atoms with van der Waals surface area (Å²) in [4.78, 5) is 0. The maximum Gasteiger partial charge on any atom is 0.284 e. The van der Waals surface area contributed by atoms with Crippen molar-refractivity contribution in [3.63, 3.8) is 0 Å². The highest BCUT2D eigenvalue weighted by molar-refractivity contribution is 7.17. The zero-order chi connectivity index (χ0) is 9.35. The van der Waals surface area contributed by atoms with Crippen molar-refractivity contribution in [2.75, 3.05) is 0 Å². The fourth-order valence-electron chi connectivity index (χ4n) is 1.19. The van der Waals surface area contributed by atoms with Gasteiger partial charge in [0.1, 0.15) is 0 Å². The van der Waals surface area contributed by atoms with Crippen molar-refractivity contribution < 1.29 is 8.78 Å². The minimum absolute atomic E-state index is 0.0816. The van der Waals surface area contributed by atoms with Gasteiger partial charge in [0, 0.05) is 5.56 Å². The lowest BCUT2D eigenvalue weighted by atomic mass is 10.1.